The van der Waals surface area contributed by atoms with E-state index in [4.69, 9.17) is 0 Å². The lowest BCUT2D eigenvalue weighted by molar-refractivity contribution is -0.139. The highest BCUT2D eigenvalue weighted by Gasteiger charge is 2.53. The van der Waals surface area contributed by atoms with Gasteiger partial charge in [0.2, 0.25) is 5.91 Å². The van der Waals surface area contributed by atoms with E-state index >= 15 is 0 Å². The summed E-state index contributed by atoms with van der Waals surface area (Å²) in [7, 11) is 1.70. The van der Waals surface area contributed by atoms with Crippen LogP contribution in [0, 0.1) is 25.2 Å². The summed E-state index contributed by atoms with van der Waals surface area (Å²) >= 11 is 0. The number of nitrogens with zero attached hydrogens (tertiary/aromatic N) is 4. The molecule has 0 unspecified atom stereocenters. The summed E-state index contributed by atoms with van der Waals surface area (Å²) in [5.41, 5.74) is 3.08. The summed E-state index contributed by atoms with van der Waals surface area (Å²) in [6.45, 7) is 10.8. The molecule has 1 aliphatic heterocycles. The Morgan fingerprint density at radius 2 is 1.81 bits per heavy atom. The quantitative estimate of drug-likeness (QED) is 0.581. The molecule has 2 fully saturated rings. The van der Waals surface area contributed by atoms with Crippen LogP contribution in [0.5, 0.6) is 0 Å². The fourth-order valence-corrected chi connectivity index (χ4v) is 5.65. The lowest BCUT2D eigenvalue weighted by Gasteiger charge is -2.42. The predicted octanol–water partition coefficient (Wildman–Crippen LogP) is 4.36. The van der Waals surface area contributed by atoms with E-state index in [2.05, 4.69) is 31.2 Å². The van der Waals surface area contributed by atoms with Crippen molar-refractivity contribution in [2.45, 2.75) is 78.8 Å². The SMILES string of the molecule is CCC(C)(C)C1CCC2(CC1)NC(=O)N(CC(=O)N(C)Cc1c(C)nn(-c3ccccc3)c1C)C2=O. The molecular weight excluding hydrogens is 454 g/mol. The van der Waals surface area contributed by atoms with Crippen LogP contribution in [0.25, 0.3) is 5.69 Å². The molecule has 4 amide bonds. The van der Waals surface area contributed by atoms with Crippen LogP contribution >= 0.6 is 0 Å². The highest BCUT2D eigenvalue weighted by atomic mass is 16.2. The van der Waals surface area contributed by atoms with E-state index in [9.17, 15) is 14.4 Å². The molecular formula is C28H39N5O3. The first-order valence-corrected chi connectivity index (χ1v) is 13.0. The Bertz CT molecular complexity index is 1150. The summed E-state index contributed by atoms with van der Waals surface area (Å²) in [4.78, 5) is 41.9. The third kappa shape index (κ3) is 4.65. The minimum absolute atomic E-state index is 0.218. The van der Waals surface area contributed by atoms with Crippen molar-refractivity contribution in [2.24, 2.45) is 11.3 Å². The number of carbonyl (C=O) groups excluding carboxylic acids is 3. The maximum absolute atomic E-state index is 13.4. The van der Waals surface area contributed by atoms with Crippen molar-refractivity contribution in [3.05, 3.63) is 47.3 Å². The van der Waals surface area contributed by atoms with Gasteiger partial charge in [-0.05, 0) is 63.0 Å². The van der Waals surface area contributed by atoms with Gasteiger partial charge in [-0.25, -0.2) is 9.48 Å². The van der Waals surface area contributed by atoms with Gasteiger partial charge in [0.25, 0.3) is 5.91 Å². The highest BCUT2D eigenvalue weighted by Crippen LogP contribution is 2.45. The van der Waals surface area contributed by atoms with Gasteiger partial charge >= 0.3 is 6.03 Å². The van der Waals surface area contributed by atoms with E-state index < -0.39 is 11.6 Å². The molecule has 1 aliphatic carbocycles. The lowest BCUT2D eigenvalue weighted by Crippen LogP contribution is -2.51. The van der Waals surface area contributed by atoms with Crippen LogP contribution < -0.4 is 5.32 Å². The first kappa shape index (κ1) is 25.9. The molecule has 4 rings (SSSR count). The molecule has 2 heterocycles. The monoisotopic (exact) mass is 493 g/mol. The molecule has 1 aromatic heterocycles. The summed E-state index contributed by atoms with van der Waals surface area (Å²) in [5, 5.41) is 7.60. The Hall–Kier alpha value is -3.16. The molecule has 2 aliphatic rings. The van der Waals surface area contributed by atoms with Crippen LogP contribution in [0.3, 0.4) is 0 Å². The molecule has 8 nitrogen and oxygen atoms in total. The van der Waals surface area contributed by atoms with E-state index in [1.807, 2.05) is 48.9 Å². The van der Waals surface area contributed by atoms with Crippen LogP contribution in [0.15, 0.2) is 30.3 Å². The molecule has 0 atom stereocenters. The van der Waals surface area contributed by atoms with Crippen molar-refractivity contribution >= 4 is 17.8 Å². The van der Waals surface area contributed by atoms with Gasteiger partial charge < -0.3 is 10.2 Å². The molecule has 194 valence electrons. The summed E-state index contributed by atoms with van der Waals surface area (Å²) in [6, 6.07) is 9.40. The average molecular weight is 494 g/mol. The molecule has 0 bridgehead atoms. The number of aromatic nitrogens is 2. The minimum Gasteiger partial charge on any atom is -0.340 e. The van der Waals surface area contributed by atoms with Gasteiger partial charge in [-0.1, -0.05) is 45.4 Å². The zero-order chi connectivity index (χ0) is 26.3. The third-order valence-electron chi connectivity index (χ3n) is 8.66. The Balaban J connectivity index is 1.41. The largest absolute Gasteiger partial charge is 0.340 e. The van der Waals surface area contributed by atoms with Gasteiger partial charge in [0.05, 0.1) is 11.4 Å². The smallest absolute Gasteiger partial charge is 0.325 e. The summed E-state index contributed by atoms with van der Waals surface area (Å²) in [5.74, 6) is -0.00296. The van der Waals surface area contributed by atoms with Gasteiger partial charge in [0.1, 0.15) is 12.1 Å². The second kappa shape index (κ2) is 9.71. The Kier molecular flexibility index (Phi) is 6.99. The van der Waals surface area contributed by atoms with E-state index in [-0.39, 0.29) is 23.8 Å². The second-order valence-electron chi connectivity index (χ2n) is 11.2. The van der Waals surface area contributed by atoms with Crippen molar-refractivity contribution in [1.29, 1.82) is 0 Å². The molecule has 8 heteroatoms. The summed E-state index contributed by atoms with van der Waals surface area (Å²) in [6.07, 6.45) is 4.14. The van der Waals surface area contributed by atoms with E-state index in [0.29, 0.717) is 25.3 Å². The number of para-hydroxylation sites is 1. The first-order valence-electron chi connectivity index (χ1n) is 13.0. The number of hydrogen-bond donors (Lipinski definition) is 1. The molecule has 1 N–H and O–H groups in total. The number of amides is 4. The van der Waals surface area contributed by atoms with Crippen molar-refractivity contribution in [3.8, 4) is 5.69 Å². The van der Waals surface area contributed by atoms with Gasteiger partial charge in [-0.2, -0.15) is 5.10 Å². The van der Waals surface area contributed by atoms with Gasteiger partial charge in [0, 0.05) is 24.8 Å². The standard InChI is InChI=1S/C28H39N5O3/c1-7-27(4,5)21-13-15-28(16-14-21)25(35)32(26(36)29-28)18-24(34)31(6)17-23-19(2)30-33(20(23)3)22-11-9-8-10-12-22/h8-12,21H,7,13-18H2,1-6H3,(H,29,36). The maximum Gasteiger partial charge on any atom is 0.325 e. The lowest BCUT2D eigenvalue weighted by atomic mass is 9.65. The number of urea groups is 1. The van der Waals surface area contributed by atoms with E-state index in [1.54, 1.807) is 11.9 Å². The molecule has 1 saturated heterocycles. The average Bonchev–Trinajstić information content (AvgIpc) is 3.27. The van der Waals surface area contributed by atoms with E-state index in [0.717, 1.165) is 46.8 Å². The minimum atomic E-state index is -0.861. The van der Waals surface area contributed by atoms with Gasteiger partial charge in [0.15, 0.2) is 0 Å². The van der Waals surface area contributed by atoms with Crippen LogP contribution in [0.2, 0.25) is 0 Å². The van der Waals surface area contributed by atoms with Crippen LogP contribution in [0.1, 0.15) is 69.8 Å². The fraction of sp³-hybridized carbons (Fsp3) is 0.571. The Morgan fingerprint density at radius 1 is 1.17 bits per heavy atom. The van der Waals surface area contributed by atoms with Crippen molar-refractivity contribution in [2.75, 3.05) is 13.6 Å². The van der Waals surface area contributed by atoms with E-state index in [1.165, 1.54) is 0 Å². The molecule has 1 aromatic carbocycles. The van der Waals surface area contributed by atoms with Gasteiger partial charge in [-0.15, -0.1) is 0 Å². The first-order chi connectivity index (χ1) is 17.0. The van der Waals surface area contributed by atoms with Crippen molar-refractivity contribution < 1.29 is 14.4 Å². The summed E-state index contributed by atoms with van der Waals surface area (Å²) < 4.78 is 1.88. The maximum atomic E-state index is 13.4. The molecule has 1 saturated carbocycles. The second-order valence-corrected chi connectivity index (χ2v) is 11.2. The van der Waals surface area contributed by atoms with Crippen molar-refractivity contribution in [1.82, 2.24) is 24.9 Å². The predicted molar refractivity (Wildman–Crippen MR) is 139 cm³/mol. The fourth-order valence-electron chi connectivity index (χ4n) is 5.65. The molecule has 2 aromatic rings. The van der Waals surface area contributed by atoms with Crippen LogP contribution in [-0.2, 0) is 16.1 Å². The Morgan fingerprint density at radius 3 is 2.42 bits per heavy atom. The molecule has 36 heavy (non-hydrogen) atoms. The number of rotatable bonds is 7. The van der Waals surface area contributed by atoms with Crippen molar-refractivity contribution in [3.63, 3.8) is 0 Å². The van der Waals surface area contributed by atoms with Gasteiger partial charge in [-0.3, -0.25) is 14.5 Å². The molecule has 0 radical (unpaired) electrons. The zero-order valence-electron chi connectivity index (χ0n) is 22.4. The third-order valence-corrected chi connectivity index (χ3v) is 8.66. The van der Waals surface area contributed by atoms with Crippen LogP contribution in [0.4, 0.5) is 4.79 Å². The normalized spacial score (nSPS) is 22.3. The topological polar surface area (TPSA) is 87.5 Å². The number of benzene rings is 1. The number of hydrogen-bond acceptors (Lipinski definition) is 4. The Labute approximate surface area is 214 Å². The number of likely N-dealkylation sites (N-methyl/N-ethyl adjacent to an activating group) is 1. The molecule has 1 spiro atoms. The van der Waals surface area contributed by atoms with Crippen LogP contribution in [-0.4, -0.2) is 56.6 Å². The highest BCUT2D eigenvalue weighted by molar-refractivity contribution is 6.09. The number of aryl methyl sites for hydroxylation is 1. The number of imide groups is 1. The number of nitrogens with one attached hydrogen (secondary N) is 1. The number of carbonyl (C=O) groups is 3. The zero-order valence-corrected chi connectivity index (χ0v) is 22.4.